The summed E-state index contributed by atoms with van der Waals surface area (Å²) >= 11 is 0. The Labute approximate surface area is 176 Å². The highest BCUT2D eigenvalue weighted by atomic mass is 16.5. The van der Waals surface area contributed by atoms with Gasteiger partial charge in [-0.25, -0.2) is 0 Å². The lowest BCUT2D eigenvalue weighted by atomic mass is 10.0. The molecule has 0 radical (unpaired) electrons. The van der Waals surface area contributed by atoms with Gasteiger partial charge in [0, 0.05) is 49.1 Å². The van der Waals surface area contributed by atoms with Gasteiger partial charge in [-0.3, -0.25) is 9.69 Å². The van der Waals surface area contributed by atoms with Gasteiger partial charge in [0.25, 0.3) is 0 Å². The van der Waals surface area contributed by atoms with E-state index in [1.54, 1.807) is 20.1 Å². The van der Waals surface area contributed by atoms with Crippen molar-refractivity contribution in [3.8, 4) is 5.75 Å². The minimum Gasteiger partial charge on any atom is -0.495 e. The summed E-state index contributed by atoms with van der Waals surface area (Å²) in [5, 5.41) is 15.0. The molecule has 1 aromatic heterocycles. The fourth-order valence-electron chi connectivity index (χ4n) is 4.22. The van der Waals surface area contributed by atoms with Gasteiger partial charge >= 0.3 is 0 Å². The van der Waals surface area contributed by atoms with Crippen LogP contribution in [0.2, 0.25) is 0 Å². The number of nitrogens with zero attached hydrogens (tertiary/aromatic N) is 1. The highest BCUT2D eigenvalue weighted by molar-refractivity contribution is 5.92. The summed E-state index contributed by atoms with van der Waals surface area (Å²) in [5.74, 6) is 0.502. The summed E-state index contributed by atoms with van der Waals surface area (Å²) in [4.78, 5) is 17.7. The maximum atomic E-state index is 11.8. The van der Waals surface area contributed by atoms with Crippen molar-refractivity contribution in [3.63, 3.8) is 0 Å². The molecule has 6 heteroatoms. The number of nitrogens with one attached hydrogen (secondary N) is 2. The van der Waals surface area contributed by atoms with Gasteiger partial charge in [-0.2, -0.15) is 0 Å². The number of aromatic amines is 1. The van der Waals surface area contributed by atoms with Crippen molar-refractivity contribution < 1.29 is 14.6 Å². The topological polar surface area (TPSA) is 77.6 Å². The molecule has 0 fully saturated rings. The number of rotatable bonds is 6. The van der Waals surface area contributed by atoms with Gasteiger partial charge in [-0.1, -0.05) is 31.2 Å². The first-order valence-corrected chi connectivity index (χ1v) is 10.5. The molecule has 1 atom stereocenters. The van der Waals surface area contributed by atoms with Gasteiger partial charge in [-0.05, 0) is 35.7 Å². The van der Waals surface area contributed by atoms with E-state index in [0.717, 1.165) is 25.1 Å². The normalized spacial score (nSPS) is 15.1. The maximum absolute atomic E-state index is 11.8. The van der Waals surface area contributed by atoms with Gasteiger partial charge in [0.2, 0.25) is 5.91 Å². The predicted molar refractivity (Wildman–Crippen MR) is 119 cm³/mol. The van der Waals surface area contributed by atoms with E-state index in [0.29, 0.717) is 24.4 Å². The van der Waals surface area contributed by atoms with E-state index in [1.165, 1.54) is 27.7 Å². The fraction of sp³-hybridized carbons (Fsp3) is 0.375. The number of aliphatic hydroxyl groups excluding tert-OH is 1. The Morgan fingerprint density at radius 2 is 2.17 bits per heavy atom. The molecule has 0 saturated carbocycles. The number of carbonyl (C=O) groups excluding carboxylic acids is 1. The Morgan fingerprint density at radius 3 is 2.93 bits per heavy atom. The summed E-state index contributed by atoms with van der Waals surface area (Å²) in [5.41, 5.74) is 6.47. The van der Waals surface area contributed by atoms with Crippen molar-refractivity contribution in [1.82, 2.24) is 9.88 Å². The zero-order chi connectivity index (χ0) is 21.3. The van der Waals surface area contributed by atoms with Crippen LogP contribution in [0.25, 0.3) is 10.9 Å². The van der Waals surface area contributed by atoms with Crippen molar-refractivity contribution >= 4 is 22.5 Å². The molecule has 1 amide bonds. The van der Waals surface area contributed by atoms with E-state index in [2.05, 4.69) is 40.3 Å². The number of anilines is 1. The summed E-state index contributed by atoms with van der Waals surface area (Å²) in [6.07, 6.45) is 0.675. The second kappa shape index (κ2) is 8.50. The highest BCUT2D eigenvalue weighted by Crippen LogP contribution is 2.32. The Balaban J connectivity index is 1.51. The second-order valence-electron chi connectivity index (χ2n) is 7.94. The molecule has 1 unspecified atom stereocenters. The van der Waals surface area contributed by atoms with Crippen molar-refractivity contribution in [1.29, 1.82) is 0 Å². The summed E-state index contributed by atoms with van der Waals surface area (Å²) < 4.78 is 5.35. The van der Waals surface area contributed by atoms with E-state index in [-0.39, 0.29) is 5.91 Å². The molecule has 1 aliphatic heterocycles. The number of aliphatic hydroxyl groups is 1. The van der Waals surface area contributed by atoms with Crippen molar-refractivity contribution in [3.05, 3.63) is 58.8 Å². The number of hydrogen-bond donors (Lipinski definition) is 3. The third-order valence-corrected chi connectivity index (χ3v) is 5.93. The van der Waals surface area contributed by atoms with E-state index in [4.69, 9.17) is 4.74 Å². The van der Waals surface area contributed by atoms with Gasteiger partial charge in [0.05, 0.1) is 18.9 Å². The third kappa shape index (κ3) is 3.93. The molecule has 4 rings (SSSR count). The molecular formula is C24H29N3O3. The van der Waals surface area contributed by atoms with Crippen LogP contribution in [-0.4, -0.2) is 41.1 Å². The number of amides is 1. The predicted octanol–water partition coefficient (Wildman–Crippen LogP) is 3.93. The Hall–Kier alpha value is -2.83. The van der Waals surface area contributed by atoms with Crippen LogP contribution in [0.15, 0.2) is 36.4 Å². The first kappa shape index (κ1) is 20.4. The number of methoxy groups -OCH3 is 1. The minimum absolute atomic E-state index is 0.0851. The van der Waals surface area contributed by atoms with E-state index >= 15 is 0 Å². The van der Waals surface area contributed by atoms with Crippen LogP contribution in [0.5, 0.6) is 5.75 Å². The SMILES string of the molecule is CCC(=O)Nc1cc(C(O)CN2CCc3[nH]c4c(C)cccc4c3C2)ccc1OC. The molecule has 2 heterocycles. The molecule has 6 nitrogen and oxygen atoms in total. The number of fused-ring (bicyclic) bond motifs is 3. The van der Waals surface area contributed by atoms with Crippen molar-refractivity contribution in [2.75, 3.05) is 25.5 Å². The second-order valence-corrected chi connectivity index (χ2v) is 7.94. The number of aryl methyl sites for hydroxylation is 1. The third-order valence-electron chi connectivity index (χ3n) is 5.93. The Morgan fingerprint density at radius 1 is 1.33 bits per heavy atom. The molecule has 0 bridgehead atoms. The van der Waals surface area contributed by atoms with E-state index in [9.17, 15) is 9.90 Å². The zero-order valence-corrected chi connectivity index (χ0v) is 17.8. The molecular weight excluding hydrogens is 378 g/mol. The standard InChI is InChI=1S/C24H29N3O3/c1-4-23(29)25-20-12-16(8-9-22(20)30-3)21(28)14-27-11-10-19-18(13-27)17-7-5-6-15(2)24(17)26-19/h5-9,12,21,26,28H,4,10-11,13-14H2,1-3H3,(H,25,29). The van der Waals surface area contributed by atoms with E-state index < -0.39 is 6.10 Å². The highest BCUT2D eigenvalue weighted by Gasteiger charge is 2.23. The van der Waals surface area contributed by atoms with Gasteiger partial charge in [0.15, 0.2) is 0 Å². The average molecular weight is 408 g/mol. The molecule has 3 aromatic rings. The number of ether oxygens (including phenoxy) is 1. The maximum Gasteiger partial charge on any atom is 0.224 e. The van der Waals surface area contributed by atoms with E-state index in [1.807, 2.05) is 12.1 Å². The fourth-order valence-corrected chi connectivity index (χ4v) is 4.22. The van der Waals surface area contributed by atoms with Crippen LogP contribution in [-0.2, 0) is 17.8 Å². The lowest BCUT2D eigenvalue weighted by Gasteiger charge is -2.29. The first-order chi connectivity index (χ1) is 14.5. The number of para-hydroxylation sites is 1. The van der Waals surface area contributed by atoms with Crippen LogP contribution in [0.3, 0.4) is 0 Å². The molecule has 2 aromatic carbocycles. The molecule has 0 aliphatic carbocycles. The summed E-state index contributed by atoms with van der Waals surface area (Å²) in [6, 6.07) is 11.9. The number of aromatic nitrogens is 1. The zero-order valence-electron chi connectivity index (χ0n) is 17.8. The quantitative estimate of drug-likeness (QED) is 0.579. The molecule has 1 aliphatic rings. The van der Waals surface area contributed by atoms with Crippen LogP contribution in [0.4, 0.5) is 5.69 Å². The van der Waals surface area contributed by atoms with Crippen LogP contribution < -0.4 is 10.1 Å². The molecule has 30 heavy (non-hydrogen) atoms. The number of hydrogen-bond acceptors (Lipinski definition) is 4. The summed E-state index contributed by atoms with van der Waals surface area (Å²) in [7, 11) is 1.57. The number of carbonyl (C=O) groups is 1. The Kier molecular flexibility index (Phi) is 5.79. The van der Waals surface area contributed by atoms with Gasteiger partial charge < -0.3 is 20.1 Å². The molecule has 3 N–H and O–H groups in total. The molecule has 0 saturated heterocycles. The van der Waals surface area contributed by atoms with Crippen molar-refractivity contribution in [2.24, 2.45) is 0 Å². The Bertz CT molecular complexity index is 1070. The molecule has 0 spiro atoms. The number of benzene rings is 2. The van der Waals surface area contributed by atoms with Crippen molar-refractivity contribution in [2.45, 2.75) is 39.3 Å². The van der Waals surface area contributed by atoms with Crippen LogP contribution >= 0.6 is 0 Å². The first-order valence-electron chi connectivity index (χ1n) is 10.5. The van der Waals surface area contributed by atoms with Gasteiger partial charge in [-0.15, -0.1) is 0 Å². The lowest BCUT2D eigenvalue weighted by molar-refractivity contribution is -0.115. The van der Waals surface area contributed by atoms with Crippen LogP contribution in [0.1, 0.15) is 41.8 Å². The summed E-state index contributed by atoms with van der Waals surface area (Å²) in [6.45, 7) is 6.17. The number of β-amino-alcohol motifs (C(OH)–C–C–N with tert-alkyl or cyclic N) is 1. The lowest BCUT2D eigenvalue weighted by Crippen LogP contribution is -2.33. The number of H-pyrrole nitrogens is 1. The molecule has 158 valence electrons. The minimum atomic E-state index is -0.651. The average Bonchev–Trinajstić information content (AvgIpc) is 3.13. The monoisotopic (exact) mass is 407 g/mol. The largest absolute Gasteiger partial charge is 0.495 e. The smallest absolute Gasteiger partial charge is 0.224 e. The van der Waals surface area contributed by atoms with Crippen LogP contribution in [0, 0.1) is 6.92 Å². The van der Waals surface area contributed by atoms with Gasteiger partial charge in [0.1, 0.15) is 5.75 Å².